The van der Waals surface area contributed by atoms with E-state index in [2.05, 4.69) is 52.1 Å². The Morgan fingerprint density at radius 3 is 1.96 bits per heavy atom. The average Bonchev–Trinajstić information content (AvgIpc) is 3.02. The lowest BCUT2D eigenvalue weighted by molar-refractivity contribution is 0.0352. The van der Waals surface area contributed by atoms with Crippen LogP contribution in [-0.4, -0.2) is 64.0 Å². The number of halogens is 2. The molecule has 1 aromatic heterocycles. The van der Waals surface area contributed by atoms with Crippen LogP contribution in [0.15, 0.2) is 65.4 Å². The summed E-state index contributed by atoms with van der Waals surface area (Å²) in [7, 11) is 0. The zero-order valence-electron chi connectivity index (χ0n) is 32.3. The second kappa shape index (κ2) is 18.0. The Kier molecular flexibility index (Phi) is 14.6. The Balaban J connectivity index is 0.000000426. The number of aromatic nitrogens is 1. The van der Waals surface area contributed by atoms with Gasteiger partial charge in [0, 0.05) is 29.3 Å². The van der Waals surface area contributed by atoms with Crippen molar-refractivity contribution >= 4 is 45.8 Å². The predicted molar refractivity (Wildman–Crippen MR) is 205 cm³/mol. The SMILES string of the molecule is CC(C)(C)OC(=O)NC(=O)OC(C)(C)C.Cc1cccc(C2CCN(C(=O)c3cncc(N(Cc4ccc(Br)cc4F)C(=O)OC(C)(C)C)c3)CC2)c1. The molecular formula is C40H52BrFN4O7. The molecule has 1 N–H and O–H groups in total. The minimum absolute atomic E-state index is 0.0742. The van der Waals surface area contributed by atoms with Crippen LogP contribution >= 0.6 is 15.9 Å². The monoisotopic (exact) mass is 798 g/mol. The van der Waals surface area contributed by atoms with Crippen molar-refractivity contribution in [2.24, 2.45) is 0 Å². The highest BCUT2D eigenvalue weighted by Gasteiger charge is 2.28. The van der Waals surface area contributed by atoms with Crippen LogP contribution in [0.25, 0.3) is 0 Å². The largest absolute Gasteiger partial charge is 0.443 e. The van der Waals surface area contributed by atoms with Gasteiger partial charge in [0.1, 0.15) is 22.6 Å². The summed E-state index contributed by atoms with van der Waals surface area (Å²) in [6.07, 6.45) is 2.50. The van der Waals surface area contributed by atoms with Crippen molar-refractivity contribution in [3.63, 3.8) is 0 Å². The summed E-state index contributed by atoms with van der Waals surface area (Å²) in [6.45, 7) is 18.9. The molecule has 2 aromatic carbocycles. The van der Waals surface area contributed by atoms with Crippen LogP contribution < -0.4 is 10.2 Å². The van der Waals surface area contributed by atoms with Gasteiger partial charge in [0.05, 0.1) is 24.0 Å². The number of rotatable bonds is 5. The number of benzene rings is 2. The number of carbonyl (C=O) groups excluding carboxylic acids is 4. The molecule has 4 rings (SSSR count). The van der Waals surface area contributed by atoms with Gasteiger partial charge in [0.25, 0.3) is 5.91 Å². The third kappa shape index (κ3) is 14.8. The number of carbonyl (C=O) groups is 4. The predicted octanol–water partition coefficient (Wildman–Crippen LogP) is 9.70. The summed E-state index contributed by atoms with van der Waals surface area (Å²) in [5, 5.41) is 1.97. The Labute approximate surface area is 320 Å². The number of piperidine rings is 1. The number of ether oxygens (including phenoxy) is 3. The topological polar surface area (TPSA) is 127 Å². The van der Waals surface area contributed by atoms with Gasteiger partial charge in [-0.05, 0) is 112 Å². The quantitative estimate of drug-likeness (QED) is 0.253. The second-order valence-electron chi connectivity index (χ2n) is 15.8. The molecule has 0 bridgehead atoms. The van der Waals surface area contributed by atoms with E-state index in [0.29, 0.717) is 40.3 Å². The van der Waals surface area contributed by atoms with Crippen molar-refractivity contribution in [3.8, 4) is 0 Å². The molecule has 0 radical (unpaired) electrons. The maximum Gasteiger partial charge on any atom is 0.417 e. The summed E-state index contributed by atoms with van der Waals surface area (Å²) in [4.78, 5) is 56.2. The zero-order valence-corrected chi connectivity index (χ0v) is 33.9. The number of likely N-dealkylation sites (tertiary alicyclic amines) is 1. The van der Waals surface area contributed by atoms with E-state index in [0.717, 1.165) is 12.8 Å². The second-order valence-corrected chi connectivity index (χ2v) is 16.8. The van der Waals surface area contributed by atoms with Gasteiger partial charge < -0.3 is 19.1 Å². The smallest absolute Gasteiger partial charge is 0.417 e. The van der Waals surface area contributed by atoms with Crippen molar-refractivity contribution in [1.82, 2.24) is 15.2 Å². The number of nitrogens with zero attached hydrogens (tertiary/aromatic N) is 3. The molecule has 53 heavy (non-hydrogen) atoms. The Hall–Kier alpha value is -4.52. The van der Waals surface area contributed by atoms with Crippen LogP contribution in [0, 0.1) is 12.7 Å². The molecule has 3 aromatic rings. The molecule has 1 fully saturated rings. The molecular weight excluding hydrogens is 747 g/mol. The van der Waals surface area contributed by atoms with E-state index in [4.69, 9.17) is 14.2 Å². The van der Waals surface area contributed by atoms with Crippen LogP contribution in [0.5, 0.6) is 0 Å². The highest BCUT2D eigenvalue weighted by molar-refractivity contribution is 9.10. The Bertz CT molecular complexity index is 1730. The molecule has 13 heteroatoms. The molecule has 288 valence electrons. The van der Waals surface area contributed by atoms with E-state index >= 15 is 0 Å². The number of anilines is 1. The van der Waals surface area contributed by atoms with E-state index in [-0.39, 0.29) is 12.5 Å². The first kappa shape index (κ1) is 42.9. The summed E-state index contributed by atoms with van der Waals surface area (Å²) in [5.74, 6) is -0.169. The highest BCUT2D eigenvalue weighted by atomic mass is 79.9. The van der Waals surface area contributed by atoms with Crippen molar-refractivity contribution in [2.45, 2.75) is 111 Å². The minimum Gasteiger partial charge on any atom is -0.443 e. The number of amides is 4. The molecule has 11 nitrogen and oxygen atoms in total. The molecule has 0 atom stereocenters. The first-order chi connectivity index (χ1) is 24.5. The van der Waals surface area contributed by atoms with Gasteiger partial charge in [-0.15, -0.1) is 0 Å². The molecule has 1 aliphatic heterocycles. The van der Waals surface area contributed by atoms with Gasteiger partial charge in [0.15, 0.2) is 0 Å². The normalized spacial score (nSPS) is 13.6. The maximum atomic E-state index is 14.7. The van der Waals surface area contributed by atoms with Crippen LogP contribution in [0.4, 0.5) is 24.5 Å². The molecule has 0 unspecified atom stereocenters. The summed E-state index contributed by atoms with van der Waals surface area (Å²) in [6, 6.07) is 14.8. The third-order valence-corrected chi connectivity index (χ3v) is 8.03. The standard InChI is InChI=1S/C30H33BrFN3O3.C10H19NO4/c1-20-6-5-7-22(14-20)21-10-12-34(13-11-21)28(36)24-15-26(18-33-17-24)35(29(37)38-30(2,3)4)19-23-8-9-25(31)16-27(23)32;1-9(2,3)14-7(12)11-8(13)15-10(4,5)6/h5-9,14-18,21H,10-13,19H2,1-4H3;1-6H3,(H,11,12,13). The number of nitrogens with one attached hydrogen (secondary N) is 1. The van der Waals surface area contributed by atoms with E-state index < -0.39 is 40.9 Å². The molecule has 2 heterocycles. The Morgan fingerprint density at radius 1 is 0.849 bits per heavy atom. The molecule has 1 aliphatic rings. The van der Waals surface area contributed by atoms with Crippen molar-refractivity contribution in [2.75, 3.05) is 18.0 Å². The van der Waals surface area contributed by atoms with Gasteiger partial charge in [-0.2, -0.15) is 0 Å². The summed E-state index contributed by atoms with van der Waals surface area (Å²) < 4.78 is 30.6. The molecule has 4 amide bonds. The number of hydrogen-bond acceptors (Lipinski definition) is 8. The van der Waals surface area contributed by atoms with Crippen molar-refractivity contribution < 1.29 is 37.8 Å². The maximum absolute atomic E-state index is 14.7. The first-order valence-corrected chi connectivity index (χ1v) is 18.3. The first-order valence-electron chi connectivity index (χ1n) is 17.5. The van der Waals surface area contributed by atoms with Gasteiger partial charge in [-0.1, -0.05) is 51.8 Å². The highest BCUT2D eigenvalue weighted by Crippen LogP contribution is 2.30. The lowest BCUT2D eigenvalue weighted by Crippen LogP contribution is -2.39. The summed E-state index contributed by atoms with van der Waals surface area (Å²) >= 11 is 3.26. The van der Waals surface area contributed by atoms with Crippen LogP contribution in [0.2, 0.25) is 0 Å². The van der Waals surface area contributed by atoms with Crippen LogP contribution in [-0.2, 0) is 20.8 Å². The van der Waals surface area contributed by atoms with E-state index in [1.54, 1.807) is 80.5 Å². The fraction of sp³-hybridized carbons (Fsp3) is 0.475. The fourth-order valence-corrected chi connectivity index (χ4v) is 5.64. The minimum atomic E-state index is -0.809. The molecule has 0 saturated carbocycles. The lowest BCUT2D eigenvalue weighted by Gasteiger charge is -2.32. The summed E-state index contributed by atoms with van der Waals surface area (Å²) in [5.41, 5.74) is 1.58. The number of alkyl carbamates (subject to hydrolysis) is 2. The van der Waals surface area contributed by atoms with Gasteiger partial charge in [-0.25, -0.2) is 24.1 Å². The zero-order chi connectivity index (χ0) is 39.7. The third-order valence-electron chi connectivity index (χ3n) is 7.54. The van der Waals surface area contributed by atoms with Gasteiger partial charge in [-0.3, -0.25) is 14.7 Å². The van der Waals surface area contributed by atoms with Gasteiger partial charge in [0.2, 0.25) is 0 Å². The fourth-order valence-electron chi connectivity index (χ4n) is 5.30. The van der Waals surface area contributed by atoms with Crippen molar-refractivity contribution in [3.05, 3.63) is 93.5 Å². The number of pyridine rings is 1. The average molecular weight is 800 g/mol. The molecule has 0 aliphatic carbocycles. The molecule has 0 spiro atoms. The van der Waals surface area contributed by atoms with Crippen LogP contribution in [0.3, 0.4) is 0 Å². The van der Waals surface area contributed by atoms with E-state index in [9.17, 15) is 23.6 Å². The van der Waals surface area contributed by atoms with E-state index in [1.165, 1.54) is 34.5 Å². The van der Waals surface area contributed by atoms with Crippen molar-refractivity contribution in [1.29, 1.82) is 0 Å². The number of imide groups is 1. The number of hydrogen-bond donors (Lipinski definition) is 1. The molecule has 1 saturated heterocycles. The van der Waals surface area contributed by atoms with Crippen LogP contribution in [0.1, 0.15) is 108 Å². The van der Waals surface area contributed by atoms with Gasteiger partial charge >= 0.3 is 18.3 Å². The van der Waals surface area contributed by atoms with E-state index in [1.807, 2.05) is 10.2 Å². The Morgan fingerprint density at radius 2 is 1.43 bits per heavy atom. The lowest BCUT2D eigenvalue weighted by atomic mass is 9.88. The number of aryl methyl sites for hydroxylation is 1.